The Morgan fingerprint density at radius 3 is 1.95 bits per heavy atom. The Hall–Kier alpha value is -0.340. The van der Waals surface area contributed by atoms with E-state index in [0.29, 0.717) is 13.2 Å². The van der Waals surface area contributed by atoms with Crippen LogP contribution in [0.25, 0.3) is 0 Å². The number of hydrogen-bond acceptors (Lipinski definition) is 2. The molecule has 0 bridgehead atoms. The van der Waals surface area contributed by atoms with E-state index in [1.54, 1.807) is 13.2 Å². The average Bonchev–Trinajstić information content (AvgIpc) is 2.47. The standard InChI is InChI=1S/C18H36O2/c1-4-6-7-8-9-10-11-12-13-14-15-18(19-3)17-20-16-5-2/h5,18H,2,4,6-17H2,1,3H3. The molecule has 0 aliphatic heterocycles. The first-order valence-corrected chi connectivity index (χ1v) is 8.56. The van der Waals surface area contributed by atoms with E-state index in [0.717, 1.165) is 6.42 Å². The number of ether oxygens (including phenoxy) is 2. The van der Waals surface area contributed by atoms with Crippen molar-refractivity contribution in [1.82, 2.24) is 0 Å². The lowest BCUT2D eigenvalue weighted by molar-refractivity contribution is 0.0117. The van der Waals surface area contributed by atoms with Crippen molar-refractivity contribution in [2.24, 2.45) is 0 Å². The summed E-state index contributed by atoms with van der Waals surface area (Å²) in [5.41, 5.74) is 0. The quantitative estimate of drug-likeness (QED) is 0.275. The van der Waals surface area contributed by atoms with Gasteiger partial charge in [0.1, 0.15) is 0 Å². The molecule has 0 rings (SSSR count). The highest BCUT2D eigenvalue weighted by Crippen LogP contribution is 2.12. The van der Waals surface area contributed by atoms with Crippen LogP contribution in [0.1, 0.15) is 77.6 Å². The molecule has 0 aliphatic rings. The second kappa shape index (κ2) is 16.7. The van der Waals surface area contributed by atoms with Gasteiger partial charge in [-0.05, 0) is 6.42 Å². The molecular weight excluding hydrogens is 248 g/mol. The summed E-state index contributed by atoms with van der Waals surface area (Å²) in [4.78, 5) is 0. The molecule has 0 amide bonds. The second-order valence-electron chi connectivity index (χ2n) is 5.65. The monoisotopic (exact) mass is 284 g/mol. The lowest BCUT2D eigenvalue weighted by atomic mass is 10.0. The second-order valence-corrected chi connectivity index (χ2v) is 5.65. The zero-order valence-electron chi connectivity index (χ0n) is 13.9. The molecule has 0 aromatic carbocycles. The van der Waals surface area contributed by atoms with E-state index in [2.05, 4.69) is 13.5 Å². The summed E-state index contributed by atoms with van der Waals surface area (Å²) in [6.07, 6.45) is 17.0. The topological polar surface area (TPSA) is 18.5 Å². The van der Waals surface area contributed by atoms with E-state index in [1.807, 2.05) is 0 Å². The fourth-order valence-corrected chi connectivity index (χ4v) is 2.41. The van der Waals surface area contributed by atoms with Gasteiger partial charge in [0.2, 0.25) is 0 Å². The maximum atomic E-state index is 5.44. The Morgan fingerprint density at radius 1 is 0.900 bits per heavy atom. The molecule has 120 valence electrons. The molecule has 0 heterocycles. The summed E-state index contributed by atoms with van der Waals surface area (Å²) in [6.45, 7) is 7.24. The van der Waals surface area contributed by atoms with Crippen LogP contribution < -0.4 is 0 Å². The van der Waals surface area contributed by atoms with Crippen LogP contribution in [-0.4, -0.2) is 26.4 Å². The van der Waals surface area contributed by atoms with Gasteiger partial charge in [-0.25, -0.2) is 0 Å². The van der Waals surface area contributed by atoms with Gasteiger partial charge in [0, 0.05) is 7.11 Å². The van der Waals surface area contributed by atoms with Gasteiger partial charge in [0.25, 0.3) is 0 Å². The Balaban J connectivity index is 3.22. The van der Waals surface area contributed by atoms with Gasteiger partial charge in [-0.2, -0.15) is 0 Å². The van der Waals surface area contributed by atoms with Gasteiger partial charge in [-0.3, -0.25) is 0 Å². The maximum absolute atomic E-state index is 5.44. The van der Waals surface area contributed by atoms with Gasteiger partial charge in [-0.15, -0.1) is 6.58 Å². The van der Waals surface area contributed by atoms with E-state index in [4.69, 9.17) is 9.47 Å². The molecule has 0 saturated heterocycles. The minimum Gasteiger partial charge on any atom is -0.379 e. The van der Waals surface area contributed by atoms with Crippen molar-refractivity contribution in [2.75, 3.05) is 20.3 Å². The Morgan fingerprint density at radius 2 is 1.45 bits per heavy atom. The van der Waals surface area contributed by atoms with Crippen LogP contribution in [0.15, 0.2) is 12.7 Å². The Kier molecular flexibility index (Phi) is 16.4. The molecule has 0 aromatic rings. The number of unbranched alkanes of at least 4 members (excludes halogenated alkanes) is 9. The maximum Gasteiger partial charge on any atom is 0.0804 e. The van der Waals surface area contributed by atoms with Gasteiger partial charge >= 0.3 is 0 Å². The normalized spacial score (nSPS) is 12.5. The van der Waals surface area contributed by atoms with Crippen molar-refractivity contribution in [3.05, 3.63) is 12.7 Å². The first-order chi connectivity index (χ1) is 9.85. The molecule has 0 spiro atoms. The highest BCUT2D eigenvalue weighted by Gasteiger charge is 2.06. The summed E-state index contributed by atoms with van der Waals surface area (Å²) in [7, 11) is 1.78. The van der Waals surface area contributed by atoms with E-state index >= 15 is 0 Å². The number of methoxy groups -OCH3 is 1. The molecule has 0 aliphatic carbocycles. The predicted octanol–water partition coefficient (Wildman–Crippen LogP) is 5.52. The zero-order chi connectivity index (χ0) is 14.9. The van der Waals surface area contributed by atoms with Crippen LogP contribution in [0.4, 0.5) is 0 Å². The van der Waals surface area contributed by atoms with Crippen molar-refractivity contribution >= 4 is 0 Å². The number of rotatable bonds is 16. The first-order valence-electron chi connectivity index (χ1n) is 8.56. The first kappa shape index (κ1) is 19.7. The SMILES string of the molecule is C=CCOCC(CCCCCCCCCCCC)OC. The largest absolute Gasteiger partial charge is 0.379 e. The predicted molar refractivity (Wildman–Crippen MR) is 88.3 cm³/mol. The van der Waals surface area contributed by atoms with Crippen molar-refractivity contribution < 1.29 is 9.47 Å². The zero-order valence-corrected chi connectivity index (χ0v) is 13.9. The molecular formula is C18H36O2. The molecule has 1 unspecified atom stereocenters. The van der Waals surface area contributed by atoms with Crippen molar-refractivity contribution in [2.45, 2.75) is 83.7 Å². The molecule has 2 nitrogen and oxygen atoms in total. The smallest absolute Gasteiger partial charge is 0.0804 e. The molecule has 20 heavy (non-hydrogen) atoms. The van der Waals surface area contributed by atoms with Gasteiger partial charge in [0.05, 0.1) is 19.3 Å². The van der Waals surface area contributed by atoms with Crippen LogP contribution in [0.2, 0.25) is 0 Å². The summed E-state index contributed by atoms with van der Waals surface area (Å²) in [5.74, 6) is 0. The molecule has 0 radical (unpaired) electrons. The van der Waals surface area contributed by atoms with Crippen LogP contribution in [0.3, 0.4) is 0 Å². The molecule has 0 saturated carbocycles. The highest BCUT2D eigenvalue weighted by molar-refractivity contribution is 4.65. The van der Waals surface area contributed by atoms with Gasteiger partial charge in [0.15, 0.2) is 0 Å². The summed E-state index contributed by atoms with van der Waals surface area (Å²) in [5, 5.41) is 0. The van der Waals surface area contributed by atoms with E-state index in [1.165, 1.54) is 64.2 Å². The third kappa shape index (κ3) is 14.1. The van der Waals surface area contributed by atoms with Crippen LogP contribution in [0.5, 0.6) is 0 Å². The fraction of sp³-hybridized carbons (Fsp3) is 0.889. The summed E-state index contributed by atoms with van der Waals surface area (Å²) < 4.78 is 10.9. The number of hydrogen-bond donors (Lipinski definition) is 0. The molecule has 2 heteroatoms. The summed E-state index contributed by atoms with van der Waals surface area (Å²) in [6, 6.07) is 0. The van der Waals surface area contributed by atoms with Crippen LogP contribution >= 0.6 is 0 Å². The van der Waals surface area contributed by atoms with E-state index in [-0.39, 0.29) is 6.10 Å². The third-order valence-corrected chi connectivity index (χ3v) is 3.75. The minimum atomic E-state index is 0.254. The van der Waals surface area contributed by atoms with Crippen LogP contribution in [-0.2, 0) is 9.47 Å². The minimum absolute atomic E-state index is 0.254. The lowest BCUT2D eigenvalue weighted by Crippen LogP contribution is -2.18. The highest BCUT2D eigenvalue weighted by atomic mass is 16.5. The van der Waals surface area contributed by atoms with Crippen LogP contribution in [0, 0.1) is 0 Å². The van der Waals surface area contributed by atoms with Gasteiger partial charge < -0.3 is 9.47 Å². The molecule has 0 aromatic heterocycles. The third-order valence-electron chi connectivity index (χ3n) is 3.75. The van der Waals surface area contributed by atoms with Gasteiger partial charge in [-0.1, -0.05) is 77.2 Å². The Bertz CT molecular complexity index is 192. The molecule has 0 N–H and O–H groups in total. The van der Waals surface area contributed by atoms with E-state index < -0.39 is 0 Å². The molecule has 1 atom stereocenters. The van der Waals surface area contributed by atoms with Crippen molar-refractivity contribution in [3.63, 3.8) is 0 Å². The molecule has 0 fully saturated rings. The fourth-order valence-electron chi connectivity index (χ4n) is 2.41. The van der Waals surface area contributed by atoms with Crippen molar-refractivity contribution in [3.8, 4) is 0 Å². The van der Waals surface area contributed by atoms with E-state index in [9.17, 15) is 0 Å². The summed E-state index contributed by atoms with van der Waals surface area (Å²) >= 11 is 0. The van der Waals surface area contributed by atoms with Crippen molar-refractivity contribution in [1.29, 1.82) is 0 Å². The lowest BCUT2D eigenvalue weighted by Gasteiger charge is -2.14. The Labute approximate surface area is 126 Å². The average molecular weight is 284 g/mol.